The fraction of sp³-hybridized carbons (Fsp3) is 0.619. The molecule has 1 fully saturated rings. The molecule has 5 atom stereocenters. The molecular formula is C21H28O2. The average molecular weight is 312 g/mol. The molecule has 23 heavy (non-hydrogen) atoms. The molecule has 2 aliphatic carbocycles. The molecule has 2 N–H and O–H groups in total. The third kappa shape index (κ3) is 3.26. The number of aromatic hydroxyl groups is 1. The summed E-state index contributed by atoms with van der Waals surface area (Å²) in [6.45, 7) is 4.11. The molecule has 0 saturated heterocycles. The van der Waals surface area contributed by atoms with Crippen molar-refractivity contribution in [3.8, 4) is 18.1 Å². The van der Waals surface area contributed by atoms with Crippen LogP contribution < -0.4 is 0 Å². The van der Waals surface area contributed by atoms with Gasteiger partial charge in [0.25, 0.3) is 0 Å². The lowest BCUT2D eigenvalue weighted by molar-refractivity contribution is 0.0655. The summed E-state index contributed by atoms with van der Waals surface area (Å²) in [4.78, 5) is 0. The monoisotopic (exact) mass is 312 g/mol. The molecule has 1 saturated carbocycles. The van der Waals surface area contributed by atoms with Crippen molar-refractivity contribution < 1.29 is 10.2 Å². The van der Waals surface area contributed by atoms with Crippen LogP contribution >= 0.6 is 0 Å². The summed E-state index contributed by atoms with van der Waals surface area (Å²) in [6.07, 6.45) is 11.9. The van der Waals surface area contributed by atoms with Crippen LogP contribution in [0.25, 0.3) is 0 Å². The summed E-state index contributed by atoms with van der Waals surface area (Å²) in [5.74, 6) is 5.52. The van der Waals surface area contributed by atoms with E-state index in [1.807, 2.05) is 12.1 Å². The first-order valence-corrected chi connectivity index (χ1v) is 8.93. The van der Waals surface area contributed by atoms with Crippen LogP contribution in [-0.4, -0.2) is 15.8 Å². The third-order valence-electron chi connectivity index (χ3n) is 6.28. The maximum atomic E-state index is 10.2. The van der Waals surface area contributed by atoms with Crippen molar-refractivity contribution in [3.63, 3.8) is 0 Å². The fourth-order valence-corrected chi connectivity index (χ4v) is 4.90. The summed E-state index contributed by atoms with van der Waals surface area (Å²) in [5, 5.41) is 19.9. The SMILES string of the molecule is C#C[C@](C)(O)CCC1C2CCc3cc(O)ccc3C2CC[C@H]1C. The smallest absolute Gasteiger partial charge is 0.122 e. The molecule has 124 valence electrons. The molecule has 0 aliphatic heterocycles. The first-order chi connectivity index (χ1) is 10.9. The van der Waals surface area contributed by atoms with E-state index in [0.717, 1.165) is 12.8 Å². The molecule has 0 heterocycles. The van der Waals surface area contributed by atoms with Gasteiger partial charge in [-0.2, -0.15) is 0 Å². The highest BCUT2D eigenvalue weighted by Gasteiger charge is 2.41. The van der Waals surface area contributed by atoms with Crippen LogP contribution in [0.2, 0.25) is 0 Å². The average Bonchev–Trinajstić information content (AvgIpc) is 2.53. The second-order valence-corrected chi connectivity index (χ2v) is 7.87. The molecule has 0 spiro atoms. The second kappa shape index (κ2) is 6.21. The van der Waals surface area contributed by atoms with Crippen LogP contribution in [0.4, 0.5) is 0 Å². The van der Waals surface area contributed by atoms with Crippen molar-refractivity contribution in [2.45, 2.75) is 63.9 Å². The van der Waals surface area contributed by atoms with Gasteiger partial charge in [0.2, 0.25) is 0 Å². The number of benzene rings is 1. The number of hydrogen-bond donors (Lipinski definition) is 2. The minimum absolute atomic E-state index is 0.382. The van der Waals surface area contributed by atoms with E-state index in [9.17, 15) is 10.2 Å². The molecule has 2 aliphatic rings. The standard InChI is InChI=1S/C21H28O2/c1-4-21(3,23)12-11-17-14(2)5-8-20-18-10-7-16(22)13-15(18)6-9-19(17)20/h1,7,10,13-14,17,19-20,22-23H,5-6,8-9,11-12H2,2-3H3/t14-,17?,19?,20?,21+/m1/s1. The van der Waals surface area contributed by atoms with E-state index in [2.05, 4.69) is 18.9 Å². The number of hydrogen-bond acceptors (Lipinski definition) is 2. The number of terminal acetylenes is 1. The second-order valence-electron chi connectivity index (χ2n) is 7.87. The molecule has 1 aromatic carbocycles. The summed E-state index contributed by atoms with van der Waals surface area (Å²) in [7, 11) is 0. The van der Waals surface area contributed by atoms with Crippen molar-refractivity contribution in [1.82, 2.24) is 0 Å². The summed E-state index contributed by atoms with van der Waals surface area (Å²) >= 11 is 0. The Morgan fingerprint density at radius 1 is 1.30 bits per heavy atom. The van der Waals surface area contributed by atoms with E-state index >= 15 is 0 Å². The molecule has 3 rings (SSSR count). The molecule has 0 radical (unpaired) electrons. The normalized spacial score (nSPS) is 32.3. The first-order valence-electron chi connectivity index (χ1n) is 8.93. The van der Waals surface area contributed by atoms with Gasteiger partial charge in [-0.1, -0.05) is 18.9 Å². The maximum absolute atomic E-state index is 10.2. The van der Waals surface area contributed by atoms with Gasteiger partial charge in [0, 0.05) is 0 Å². The van der Waals surface area contributed by atoms with Crippen LogP contribution in [0.3, 0.4) is 0 Å². The highest BCUT2D eigenvalue weighted by Crippen LogP contribution is 2.51. The Morgan fingerprint density at radius 2 is 2.09 bits per heavy atom. The highest BCUT2D eigenvalue weighted by molar-refractivity contribution is 5.39. The molecule has 0 bridgehead atoms. The van der Waals surface area contributed by atoms with Gasteiger partial charge in [-0.05, 0) is 92.4 Å². The van der Waals surface area contributed by atoms with Crippen LogP contribution in [0.5, 0.6) is 5.75 Å². The topological polar surface area (TPSA) is 40.5 Å². The van der Waals surface area contributed by atoms with Gasteiger partial charge in [-0.15, -0.1) is 6.42 Å². The van der Waals surface area contributed by atoms with E-state index in [1.54, 1.807) is 6.92 Å². The number of aliphatic hydroxyl groups is 1. The zero-order valence-corrected chi connectivity index (χ0v) is 14.3. The summed E-state index contributed by atoms with van der Waals surface area (Å²) in [6, 6.07) is 5.91. The maximum Gasteiger partial charge on any atom is 0.122 e. The Labute approximate surface area is 139 Å². The van der Waals surface area contributed by atoms with Crippen molar-refractivity contribution in [2.24, 2.45) is 17.8 Å². The number of fused-ring (bicyclic) bond motifs is 3. The molecule has 0 amide bonds. The third-order valence-corrected chi connectivity index (χ3v) is 6.28. The van der Waals surface area contributed by atoms with E-state index in [1.165, 1.54) is 30.4 Å². The Kier molecular flexibility index (Phi) is 4.43. The van der Waals surface area contributed by atoms with Gasteiger partial charge < -0.3 is 10.2 Å². The van der Waals surface area contributed by atoms with E-state index < -0.39 is 5.60 Å². The first kappa shape index (κ1) is 16.4. The summed E-state index contributed by atoms with van der Waals surface area (Å²) < 4.78 is 0. The molecule has 3 unspecified atom stereocenters. The lowest BCUT2D eigenvalue weighted by Crippen LogP contribution is -2.37. The summed E-state index contributed by atoms with van der Waals surface area (Å²) in [5.41, 5.74) is 1.79. The van der Waals surface area contributed by atoms with Crippen LogP contribution in [0.1, 0.15) is 63.0 Å². The fourth-order valence-electron chi connectivity index (χ4n) is 4.90. The van der Waals surface area contributed by atoms with Gasteiger partial charge in [-0.3, -0.25) is 0 Å². The minimum atomic E-state index is -0.981. The van der Waals surface area contributed by atoms with Gasteiger partial charge in [-0.25, -0.2) is 0 Å². The number of phenols is 1. The van der Waals surface area contributed by atoms with E-state index in [-0.39, 0.29) is 0 Å². The zero-order valence-electron chi connectivity index (χ0n) is 14.3. The molecule has 2 nitrogen and oxygen atoms in total. The highest BCUT2D eigenvalue weighted by atomic mass is 16.3. The Balaban J connectivity index is 1.80. The van der Waals surface area contributed by atoms with Gasteiger partial charge in [0.05, 0.1) is 0 Å². The predicted molar refractivity (Wildman–Crippen MR) is 93.2 cm³/mol. The van der Waals surface area contributed by atoms with E-state index in [4.69, 9.17) is 6.42 Å². The van der Waals surface area contributed by atoms with Gasteiger partial charge >= 0.3 is 0 Å². The molecular weight excluding hydrogens is 284 g/mol. The van der Waals surface area contributed by atoms with Crippen molar-refractivity contribution in [2.75, 3.05) is 0 Å². The Hall–Kier alpha value is -1.46. The zero-order chi connectivity index (χ0) is 16.6. The predicted octanol–water partition coefficient (Wildman–Crippen LogP) is 4.25. The number of phenolic OH excluding ortho intramolecular Hbond substituents is 1. The molecule has 2 heteroatoms. The number of aryl methyl sites for hydroxylation is 1. The largest absolute Gasteiger partial charge is 0.508 e. The Bertz CT molecular complexity index is 611. The van der Waals surface area contributed by atoms with Crippen LogP contribution in [0, 0.1) is 30.1 Å². The quantitative estimate of drug-likeness (QED) is 0.819. The Morgan fingerprint density at radius 3 is 2.83 bits per heavy atom. The lowest BCUT2D eigenvalue weighted by atomic mass is 9.59. The lowest BCUT2D eigenvalue weighted by Gasteiger charge is -2.46. The van der Waals surface area contributed by atoms with Gasteiger partial charge in [0.1, 0.15) is 11.4 Å². The molecule has 1 aromatic rings. The van der Waals surface area contributed by atoms with Crippen molar-refractivity contribution in [1.29, 1.82) is 0 Å². The van der Waals surface area contributed by atoms with Crippen LogP contribution in [-0.2, 0) is 6.42 Å². The minimum Gasteiger partial charge on any atom is -0.508 e. The van der Waals surface area contributed by atoms with Crippen molar-refractivity contribution >= 4 is 0 Å². The van der Waals surface area contributed by atoms with E-state index in [0.29, 0.717) is 35.8 Å². The van der Waals surface area contributed by atoms with Crippen molar-refractivity contribution in [3.05, 3.63) is 29.3 Å². The molecule has 0 aromatic heterocycles. The van der Waals surface area contributed by atoms with Gasteiger partial charge in [0.15, 0.2) is 0 Å². The van der Waals surface area contributed by atoms with Crippen LogP contribution in [0.15, 0.2) is 18.2 Å². The number of rotatable bonds is 3.